The van der Waals surface area contributed by atoms with Gasteiger partial charge < -0.3 is 23.1 Å². The van der Waals surface area contributed by atoms with E-state index in [2.05, 4.69) is 38.4 Å². The normalized spacial score (nSPS) is 31.1. The summed E-state index contributed by atoms with van der Waals surface area (Å²) in [5.41, 5.74) is -0.775. The molecule has 0 saturated carbocycles. The topological polar surface area (TPSA) is 81.0 Å². The Morgan fingerprint density at radius 3 is 2.55 bits per heavy atom. The lowest BCUT2D eigenvalue weighted by Gasteiger charge is -2.43. The lowest BCUT2D eigenvalue weighted by atomic mass is 9.90. The van der Waals surface area contributed by atoms with E-state index >= 15 is 0 Å². The fourth-order valence-electron chi connectivity index (χ4n) is 3.80. The van der Waals surface area contributed by atoms with Crippen LogP contribution in [0.2, 0.25) is 0 Å². The summed E-state index contributed by atoms with van der Waals surface area (Å²) in [5.74, 6) is 1.74. The van der Waals surface area contributed by atoms with E-state index in [1.807, 2.05) is 13.0 Å². The number of nitrogens with zero attached hydrogens (tertiary/aromatic N) is 2. The number of rotatable bonds is 10. The Hall–Kier alpha value is -0.310. The van der Waals surface area contributed by atoms with Gasteiger partial charge in [-0.3, -0.25) is 0 Å². The summed E-state index contributed by atoms with van der Waals surface area (Å²) < 4.78 is 39.6. The van der Waals surface area contributed by atoms with Gasteiger partial charge in [-0.1, -0.05) is 0 Å². The average Bonchev–Trinajstić information content (AvgIpc) is 2.79. The monoisotopic (exact) mass is 446 g/mol. The van der Waals surface area contributed by atoms with Crippen LogP contribution in [0.1, 0.15) is 47.5 Å². The van der Waals surface area contributed by atoms with Crippen LogP contribution in [0.4, 0.5) is 0 Å². The molecule has 2 rings (SSSR count). The quantitative estimate of drug-likeness (QED) is 0.354. The predicted octanol–water partition coefficient (Wildman–Crippen LogP) is 4.73. The SMILES string of the molecule is CC(C)N(C(C)C)P(OCCC#N)O[C@H]1[C@@H]2C[C@H](C)O[C@@]1(/C=C/P(C)(C)=O)CO2. The molecule has 29 heavy (non-hydrogen) atoms. The molecule has 0 radical (unpaired) electrons. The van der Waals surface area contributed by atoms with Crippen molar-refractivity contribution < 1.29 is 23.1 Å². The molecule has 0 aromatic rings. The summed E-state index contributed by atoms with van der Waals surface area (Å²) in [5, 5.41) is 8.92. The van der Waals surface area contributed by atoms with E-state index in [1.165, 1.54) is 0 Å². The van der Waals surface area contributed by atoms with Gasteiger partial charge in [0.2, 0.25) is 0 Å². The minimum Gasteiger partial charge on any atom is -0.372 e. The van der Waals surface area contributed by atoms with Crippen molar-refractivity contribution >= 4 is 15.7 Å². The highest BCUT2D eigenvalue weighted by molar-refractivity contribution is 7.65. The van der Waals surface area contributed by atoms with Gasteiger partial charge in [-0.05, 0) is 59.8 Å². The van der Waals surface area contributed by atoms with Crippen LogP contribution in [-0.4, -0.2) is 67.2 Å². The summed E-state index contributed by atoms with van der Waals surface area (Å²) in [4.78, 5) is 0. The molecule has 2 fully saturated rings. The molecular weight excluding hydrogens is 410 g/mol. The van der Waals surface area contributed by atoms with Gasteiger partial charge in [0.05, 0.1) is 37.9 Å². The summed E-state index contributed by atoms with van der Waals surface area (Å²) in [6.07, 6.45) is 2.49. The maximum atomic E-state index is 12.3. The van der Waals surface area contributed by atoms with Crippen LogP contribution < -0.4 is 0 Å². The van der Waals surface area contributed by atoms with Crippen LogP contribution in [0.15, 0.2) is 11.9 Å². The number of ether oxygens (including phenoxy) is 2. The van der Waals surface area contributed by atoms with Gasteiger partial charge in [0, 0.05) is 18.5 Å². The second-order valence-corrected chi connectivity index (χ2v) is 13.4. The van der Waals surface area contributed by atoms with E-state index in [4.69, 9.17) is 23.8 Å². The Balaban J connectivity index is 2.32. The lowest BCUT2D eigenvalue weighted by Crippen LogP contribution is -2.53. The highest BCUT2D eigenvalue weighted by Crippen LogP contribution is 2.53. The predicted molar refractivity (Wildman–Crippen MR) is 116 cm³/mol. The molecule has 7 nitrogen and oxygen atoms in total. The van der Waals surface area contributed by atoms with E-state index in [0.717, 1.165) is 6.42 Å². The van der Waals surface area contributed by atoms with Crippen molar-refractivity contribution in [2.75, 3.05) is 26.5 Å². The van der Waals surface area contributed by atoms with Gasteiger partial charge in [-0.2, -0.15) is 5.26 Å². The minimum atomic E-state index is -2.37. The van der Waals surface area contributed by atoms with E-state index in [-0.39, 0.29) is 30.4 Å². The molecule has 0 N–H and O–H groups in total. The van der Waals surface area contributed by atoms with Crippen molar-refractivity contribution in [3.63, 3.8) is 0 Å². The largest absolute Gasteiger partial charge is 0.372 e. The van der Waals surface area contributed by atoms with Crippen molar-refractivity contribution in [3.8, 4) is 6.07 Å². The van der Waals surface area contributed by atoms with E-state index in [0.29, 0.717) is 19.6 Å². The van der Waals surface area contributed by atoms with Gasteiger partial charge in [0.1, 0.15) is 18.8 Å². The van der Waals surface area contributed by atoms with Crippen molar-refractivity contribution in [2.24, 2.45) is 0 Å². The molecule has 2 bridgehead atoms. The molecule has 0 aliphatic carbocycles. The molecule has 1 unspecified atom stereocenters. The molecular formula is C20H36N2O5P2. The standard InChI is InChI=1S/C20H36N2O5P2/c1-15(2)22(16(3)4)28(25-11-8-10-21)27-19-18-13-17(5)26-20(19,14-24-18)9-12-29(6,7)23/h9,12,15-19H,8,11,13-14H2,1-7H3/b12-9+/t17-,18-,19-,20-,28?/m0/s1. The zero-order chi connectivity index (χ0) is 21.8. The fourth-order valence-corrected chi connectivity index (χ4v) is 6.23. The first-order chi connectivity index (χ1) is 13.5. The van der Waals surface area contributed by atoms with Gasteiger partial charge in [0.15, 0.2) is 0 Å². The molecule has 5 atom stereocenters. The third kappa shape index (κ3) is 6.58. The van der Waals surface area contributed by atoms with Crippen LogP contribution >= 0.6 is 15.7 Å². The summed E-state index contributed by atoms with van der Waals surface area (Å²) in [6, 6.07) is 2.55. The number of fused-ring (bicyclic) bond motifs is 2. The Kier molecular flexibility index (Phi) is 8.89. The van der Waals surface area contributed by atoms with Gasteiger partial charge in [-0.15, -0.1) is 0 Å². The lowest BCUT2D eigenvalue weighted by molar-refractivity contribution is -0.131. The van der Waals surface area contributed by atoms with Gasteiger partial charge >= 0.3 is 0 Å². The Labute approximate surface area is 177 Å². The third-order valence-electron chi connectivity index (χ3n) is 4.91. The first-order valence-electron chi connectivity index (χ1n) is 10.3. The number of hydrogen-bond donors (Lipinski definition) is 0. The average molecular weight is 446 g/mol. The van der Waals surface area contributed by atoms with E-state index in [1.54, 1.807) is 19.1 Å². The molecule has 0 spiro atoms. The number of hydrogen-bond acceptors (Lipinski definition) is 7. The molecule has 0 amide bonds. The zero-order valence-electron chi connectivity index (χ0n) is 18.7. The van der Waals surface area contributed by atoms with Crippen LogP contribution in [0.3, 0.4) is 0 Å². The minimum absolute atomic E-state index is 0.0251. The fraction of sp³-hybridized carbons (Fsp3) is 0.850. The van der Waals surface area contributed by atoms with E-state index in [9.17, 15) is 4.57 Å². The maximum absolute atomic E-state index is 12.3. The van der Waals surface area contributed by atoms with Crippen LogP contribution in [0.5, 0.6) is 0 Å². The Bertz CT molecular complexity index is 652. The molecule has 2 saturated heterocycles. The molecule has 0 aromatic heterocycles. The molecule has 2 aliphatic heterocycles. The van der Waals surface area contributed by atoms with Crippen molar-refractivity contribution in [2.45, 2.75) is 83.5 Å². The molecule has 2 heterocycles. The molecule has 2 aliphatic rings. The summed E-state index contributed by atoms with van der Waals surface area (Å²) in [7, 11) is -3.78. The summed E-state index contributed by atoms with van der Waals surface area (Å²) >= 11 is 0. The first-order valence-corrected chi connectivity index (χ1v) is 14.1. The molecule has 9 heteroatoms. The van der Waals surface area contributed by atoms with E-state index < -0.39 is 21.3 Å². The highest BCUT2D eigenvalue weighted by Gasteiger charge is 2.56. The highest BCUT2D eigenvalue weighted by atomic mass is 31.2. The van der Waals surface area contributed by atoms with Crippen LogP contribution in [0.25, 0.3) is 0 Å². The summed E-state index contributed by atoms with van der Waals surface area (Å²) in [6.45, 7) is 14.6. The maximum Gasteiger partial charge on any atom is 0.259 e. The second-order valence-electron chi connectivity index (χ2n) is 8.79. The smallest absolute Gasteiger partial charge is 0.259 e. The van der Waals surface area contributed by atoms with Gasteiger partial charge in [0.25, 0.3) is 8.53 Å². The first kappa shape index (κ1) is 25.0. The zero-order valence-corrected chi connectivity index (χ0v) is 20.5. The second kappa shape index (κ2) is 10.3. The Morgan fingerprint density at radius 2 is 2.00 bits per heavy atom. The molecule has 166 valence electrons. The Morgan fingerprint density at radius 1 is 1.34 bits per heavy atom. The van der Waals surface area contributed by atoms with Crippen LogP contribution in [-0.2, 0) is 23.1 Å². The van der Waals surface area contributed by atoms with Crippen LogP contribution in [0, 0.1) is 11.3 Å². The number of nitriles is 1. The van der Waals surface area contributed by atoms with Crippen molar-refractivity contribution in [1.29, 1.82) is 5.26 Å². The molecule has 0 aromatic carbocycles. The third-order valence-corrected chi connectivity index (χ3v) is 7.89. The van der Waals surface area contributed by atoms with Crippen molar-refractivity contribution in [1.82, 2.24) is 4.67 Å². The van der Waals surface area contributed by atoms with Crippen molar-refractivity contribution in [3.05, 3.63) is 11.9 Å². The van der Waals surface area contributed by atoms with Gasteiger partial charge in [-0.25, -0.2) is 4.67 Å².